The first-order chi connectivity index (χ1) is 10.5. The second-order valence-corrected chi connectivity index (χ2v) is 5.75. The van der Waals surface area contributed by atoms with Gasteiger partial charge in [0.15, 0.2) is 0 Å². The van der Waals surface area contributed by atoms with E-state index in [1.807, 2.05) is 62.4 Å². The molecule has 2 aromatic rings. The third-order valence-corrected chi connectivity index (χ3v) is 3.19. The van der Waals surface area contributed by atoms with Gasteiger partial charge < -0.3 is 10.7 Å². The fourth-order valence-electron chi connectivity index (χ4n) is 1.98. The number of rotatable bonds is 6. The lowest BCUT2D eigenvalue weighted by Gasteiger charge is -2.11. The van der Waals surface area contributed by atoms with Gasteiger partial charge in [0.25, 0.3) is 5.91 Å². The van der Waals surface area contributed by atoms with Crippen LogP contribution in [-0.2, 0) is 6.54 Å². The molecule has 0 heterocycles. The minimum absolute atomic E-state index is 0.0559. The minimum atomic E-state index is -0.0559. The van der Waals surface area contributed by atoms with Crippen molar-refractivity contribution in [2.45, 2.75) is 26.4 Å². The third kappa shape index (κ3) is 5.06. The first-order valence-electron chi connectivity index (χ1n) is 7.19. The summed E-state index contributed by atoms with van der Waals surface area (Å²) >= 11 is 5.93. The predicted molar refractivity (Wildman–Crippen MR) is 91.0 cm³/mol. The summed E-state index contributed by atoms with van der Waals surface area (Å²) in [5.74, 6) is -0.0559. The normalized spacial score (nSPS) is 10.5. The van der Waals surface area contributed by atoms with Crippen LogP contribution in [0.15, 0.2) is 48.5 Å². The lowest BCUT2D eigenvalue weighted by atomic mass is 10.1. The fraction of sp³-hybridized carbons (Fsp3) is 0.235. The van der Waals surface area contributed by atoms with Crippen LogP contribution in [0.2, 0.25) is 5.02 Å². The number of nitrogens with one attached hydrogen (secondary N) is 3. The average molecular weight is 318 g/mol. The summed E-state index contributed by atoms with van der Waals surface area (Å²) in [5, 5.41) is 3.56. The van der Waals surface area contributed by atoms with Crippen molar-refractivity contribution in [2.75, 3.05) is 5.43 Å². The highest BCUT2D eigenvalue weighted by molar-refractivity contribution is 6.30. The maximum absolute atomic E-state index is 12.0. The van der Waals surface area contributed by atoms with Crippen LogP contribution >= 0.6 is 11.6 Å². The third-order valence-electron chi connectivity index (χ3n) is 2.96. The van der Waals surface area contributed by atoms with Gasteiger partial charge in [-0.05, 0) is 49.7 Å². The quantitative estimate of drug-likeness (QED) is 0.714. The monoisotopic (exact) mass is 317 g/mol. The van der Waals surface area contributed by atoms with E-state index < -0.39 is 0 Å². The largest absolute Gasteiger partial charge is 0.350 e. The lowest BCUT2D eigenvalue weighted by molar-refractivity contribution is 0.0943. The van der Waals surface area contributed by atoms with Crippen LogP contribution in [0.25, 0.3) is 0 Å². The lowest BCUT2D eigenvalue weighted by Crippen LogP contribution is -2.30. The number of benzene rings is 2. The van der Waals surface area contributed by atoms with Gasteiger partial charge in [0.05, 0.1) is 5.69 Å². The molecule has 0 aromatic heterocycles. The average Bonchev–Trinajstić information content (AvgIpc) is 2.47. The maximum atomic E-state index is 12.0. The molecule has 0 aliphatic rings. The molecule has 2 rings (SSSR count). The second-order valence-electron chi connectivity index (χ2n) is 5.32. The van der Waals surface area contributed by atoms with E-state index in [9.17, 15) is 4.79 Å². The highest BCUT2D eigenvalue weighted by atomic mass is 35.5. The van der Waals surface area contributed by atoms with E-state index >= 15 is 0 Å². The van der Waals surface area contributed by atoms with Crippen molar-refractivity contribution in [3.8, 4) is 0 Å². The molecule has 0 radical (unpaired) electrons. The molecular weight excluding hydrogens is 298 g/mol. The van der Waals surface area contributed by atoms with Gasteiger partial charge in [0.2, 0.25) is 0 Å². The van der Waals surface area contributed by atoms with E-state index in [1.54, 1.807) is 0 Å². The van der Waals surface area contributed by atoms with E-state index in [2.05, 4.69) is 16.2 Å². The number of hydrogen-bond donors (Lipinski definition) is 3. The van der Waals surface area contributed by atoms with E-state index in [0.29, 0.717) is 17.1 Å². The first-order valence-corrected chi connectivity index (χ1v) is 7.56. The zero-order valence-corrected chi connectivity index (χ0v) is 13.4. The zero-order chi connectivity index (χ0) is 15.9. The van der Waals surface area contributed by atoms with Gasteiger partial charge in [0.1, 0.15) is 0 Å². The highest BCUT2D eigenvalue weighted by Gasteiger charge is 2.07. The second kappa shape index (κ2) is 7.82. The Balaban J connectivity index is 1.92. The van der Waals surface area contributed by atoms with Crippen LogP contribution in [0.5, 0.6) is 0 Å². The van der Waals surface area contributed by atoms with E-state index in [4.69, 9.17) is 11.6 Å². The number of hydrazine groups is 1. The molecule has 0 saturated heterocycles. The predicted octanol–water partition coefficient (Wildman–Crippen LogP) is 3.59. The van der Waals surface area contributed by atoms with Crippen LogP contribution < -0.4 is 16.2 Å². The molecule has 22 heavy (non-hydrogen) atoms. The Kier molecular flexibility index (Phi) is 5.81. The Hall–Kier alpha value is -2.04. The van der Waals surface area contributed by atoms with Crippen molar-refractivity contribution in [1.82, 2.24) is 10.7 Å². The summed E-state index contributed by atoms with van der Waals surface area (Å²) in [6.45, 7) is 4.48. The Bertz CT molecular complexity index is 643. The van der Waals surface area contributed by atoms with Crippen molar-refractivity contribution in [1.29, 1.82) is 0 Å². The molecule has 2 aromatic carbocycles. The van der Waals surface area contributed by atoms with E-state index in [0.717, 1.165) is 11.3 Å². The molecule has 0 bridgehead atoms. The van der Waals surface area contributed by atoms with Gasteiger partial charge in [-0.2, -0.15) is 0 Å². The molecule has 1 amide bonds. The molecule has 116 valence electrons. The molecule has 0 spiro atoms. The molecule has 0 saturated carbocycles. The summed E-state index contributed by atoms with van der Waals surface area (Å²) in [4.78, 5) is 12.0. The Morgan fingerprint density at radius 2 is 1.91 bits per heavy atom. The molecule has 3 N–H and O–H groups in total. The SMILES string of the molecule is CC(C)NC(=O)c1cccc(CNNc2cccc(Cl)c2)c1. The van der Waals surface area contributed by atoms with Crippen molar-refractivity contribution >= 4 is 23.2 Å². The number of amides is 1. The fourth-order valence-corrected chi connectivity index (χ4v) is 2.17. The standard InChI is InChI=1S/C17H20ClN3O/c1-12(2)20-17(22)14-6-3-5-13(9-14)11-19-21-16-8-4-7-15(18)10-16/h3-10,12,19,21H,11H2,1-2H3,(H,20,22). The van der Waals surface area contributed by atoms with Crippen LogP contribution in [0.4, 0.5) is 5.69 Å². The number of anilines is 1. The van der Waals surface area contributed by atoms with Crippen molar-refractivity contribution in [3.63, 3.8) is 0 Å². The smallest absolute Gasteiger partial charge is 0.251 e. The van der Waals surface area contributed by atoms with Gasteiger partial charge in [-0.3, -0.25) is 4.79 Å². The number of halogens is 1. The van der Waals surface area contributed by atoms with Gasteiger partial charge in [-0.1, -0.05) is 29.8 Å². The zero-order valence-electron chi connectivity index (χ0n) is 12.7. The molecule has 0 aliphatic heterocycles. The molecule has 0 fully saturated rings. The molecule has 0 aliphatic carbocycles. The summed E-state index contributed by atoms with van der Waals surface area (Å²) in [7, 11) is 0. The van der Waals surface area contributed by atoms with Crippen LogP contribution in [0, 0.1) is 0 Å². The molecule has 0 atom stereocenters. The molecule has 0 unspecified atom stereocenters. The molecule has 4 nitrogen and oxygen atoms in total. The number of carbonyl (C=O) groups is 1. The summed E-state index contributed by atoms with van der Waals surface area (Å²) in [5.41, 5.74) is 8.76. The van der Waals surface area contributed by atoms with E-state index in [1.165, 1.54) is 0 Å². The highest BCUT2D eigenvalue weighted by Crippen LogP contribution is 2.14. The van der Waals surface area contributed by atoms with Crippen LogP contribution in [-0.4, -0.2) is 11.9 Å². The summed E-state index contributed by atoms with van der Waals surface area (Å²) < 4.78 is 0. The maximum Gasteiger partial charge on any atom is 0.251 e. The number of hydrogen-bond acceptors (Lipinski definition) is 3. The van der Waals surface area contributed by atoms with Gasteiger partial charge in [-0.25, -0.2) is 5.43 Å². The summed E-state index contributed by atoms with van der Waals surface area (Å²) in [6.07, 6.45) is 0. The van der Waals surface area contributed by atoms with Gasteiger partial charge in [-0.15, -0.1) is 0 Å². The van der Waals surface area contributed by atoms with Crippen LogP contribution in [0.3, 0.4) is 0 Å². The van der Waals surface area contributed by atoms with Crippen molar-refractivity contribution < 1.29 is 4.79 Å². The van der Waals surface area contributed by atoms with Crippen molar-refractivity contribution in [2.24, 2.45) is 0 Å². The Labute approximate surface area is 135 Å². The van der Waals surface area contributed by atoms with Gasteiger partial charge >= 0.3 is 0 Å². The number of carbonyl (C=O) groups excluding carboxylic acids is 1. The van der Waals surface area contributed by atoms with Crippen molar-refractivity contribution in [3.05, 3.63) is 64.7 Å². The Morgan fingerprint density at radius 1 is 1.14 bits per heavy atom. The van der Waals surface area contributed by atoms with E-state index in [-0.39, 0.29) is 11.9 Å². The first kappa shape index (κ1) is 16.3. The van der Waals surface area contributed by atoms with Gasteiger partial charge in [0, 0.05) is 23.2 Å². The Morgan fingerprint density at radius 3 is 2.64 bits per heavy atom. The molecular formula is C17H20ClN3O. The summed E-state index contributed by atoms with van der Waals surface area (Å²) in [6, 6.07) is 15.1. The topological polar surface area (TPSA) is 53.2 Å². The minimum Gasteiger partial charge on any atom is -0.350 e. The van der Waals surface area contributed by atoms with Crippen LogP contribution in [0.1, 0.15) is 29.8 Å². The molecule has 5 heteroatoms.